The lowest BCUT2D eigenvalue weighted by Crippen LogP contribution is -2.23. The maximum absolute atomic E-state index is 12.4. The molecule has 0 aliphatic rings. The Hall–Kier alpha value is -4.01. The van der Waals surface area contributed by atoms with Crippen LogP contribution in [0.15, 0.2) is 48.7 Å². The van der Waals surface area contributed by atoms with E-state index in [-0.39, 0.29) is 12.5 Å². The predicted molar refractivity (Wildman–Crippen MR) is 110 cm³/mol. The molecule has 2 N–H and O–H groups in total. The number of methoxy groups -OCH3 is 1. The van der Waals surface area contributed by atoms with E-state index in [0.717, 1.165) is 22.7 Å². The molecule has 30 heavy (non-hydrogen) atoms. The first-order chi connectivity index (χ1) is 14.5. The van der Waals surface area contributed by atoms with Gasteiger partial charge in [0.1, 0.15) is 11.6 Å². The molecule has 3 heterocycles. The Morgan fingerprint density at radius 3 is 2.60 bits per heavy atom. The minimum Gasteiger partial charge on any atom is -0.497 e. The number of H-pyrrole nitrogens is 1. The van der Waals surface area contributed by atoms with Crippen LogP contribution in [-0.2, 0) is 6.54 Å². The fourth-order valence-electron chi connectivity index (χ4n) is 3.02. The largest absolute Gasteiger partial charge is 0.497 e. The molecule has 9 nitrogen and oxygen atoms in total. The summed E-state index contributed by atoms with van der Waals surface area (Å²) in [6, 6.07) is 12.9. The van der Waals surface area contributed by atoms with Gasteiger partial charge < -0.3 is 10.1 Å². The molecule has 1 amide bonds. The van der Waals surface area contributed by atoms with Crippen LogP contribution < -0.4 is 10.1 Å². The number of carbonyl (C=O) groups excluding carboxylic acids is 1. The van der Waals surface area contributed by atoms with Crippen LogP contribution in [-0.4, -0.2) is 43.0 Å². The van der Waals surface area contributed by atoms with Gasteiger partial charge in [0, 0.05) is 17.5 Å². The zero-order valence-electron chi connectivity index (χ0n) is 16.9. The minimum absolute atomic E-state index is 0.223. The van der Waals surface area contributed by atoms with Crippen molar-refractivity contribution < 1.29 is 9.53 Å². The number of rotatable bonds is 6. The van der Waals surface area contributed by atoms with Crippen LogP contribution in [0.3, 0.4) is 0 Å². The number of benzene rings is 1. The van der Waals surface area contributed by atoms with Gasteiger partial charge in [-0.25, -0.2) is 14.6 Å². The van der Waals surface area contributed by atoms with E-state index in [0.29, 0.717) is 23.0 Å². The highest BCUT2D eigenvalue weighted by Gasteiger charge is 2.11. The standard InChI is InChI=1S/C21H21N7O2/c1-13-10-14(2)28(27-13)19-9-6-16(11-22-19)21(29)23-12-18-24-20(26-25-18)15-4-7-17(30-3)8-5-15/h4-11H,12H2,1-3H3,(H,23,29)(H,24,25,26). The number of carbonyl (C=O) groups is 1. The molecule has 4 aromatic rings. The van der Waals surface area contributed by atoms with Gasteiger partial charge in [0.25, 0.3) is 5.91 Å². The van der Waals surface area contributed by atoms with Crippen molar-refractivity contribution in [3.63, 3.8) is 0 Å². The zero-order valence-corrected chi connectivity index (χ0v) is 16.9. The van der Waals surface area contributed by atoms with E-state index < -0.39 is 0 Å². The van der Waals surface area contributed by atoms with Crippen molar-refractivity contribution in [2.45, 2.75) is 20.4 Å². The highest BCUT2D eigenvalue weighted by atomic mass is 16.5. The molecule has 1 aromatic carbocycles. The molecular formula is C21H21N7O2. The summed E-state index contributed by atoms with van der Waals surface area (Å²) in [6.45, 7) is 4.11. The molecule has 0 aliphatic heterocycles. The van der Waals surface area contributed by atoms with Crippen molar-refractivity contribution in [2.75, 3.05) is 7.11 Å². The second-order valence-electron chi connectivity index (χ2n) is 6.76. The predicted octanol–water partition coefficient (Wildman–Crippen LogP) is 2.61. The van der Waals surface area contributed by atoms with Gasteiger partial charge in [-0.05, 0) is 56.3 Å². The van der Waals surface area contributed by atoms with Crippen molar-refractivity contribution in [1.82, 2.24) is 35.3 Å². The van der Waals surface area contributed by atoms with Crippen molar-refractivity contribution in [3.05, 3.63) is 71.4 Å². The molecule has 0 bridgehead atoms. The fourth-order valence-corrected chi connectivity index (χ4v) is 3.02. The Balaban J connectivity index is 1.39. The highest BCUT2D eigenvalue weighted by molar-refractivity contribution is 5.93. The van der Waals surface area contributed by atoms with Crippen molar-refractivity contribution in [1.29, 1.82) is 0 Å². The van der Waals surface area contributed by atoms with Crippen LogP contribution in [0.25, 0.3) is 17.2 Å². The third-order valence-electron chi connectivity index (χ3n) is 4.53. The Labute approximate surface area is 173 Å². The number of ether oxygens (including phenoxy) is 1. The molecule has 9 heteroatoms. The van der Waals surface area contributed by atoms with Crippen LogP contribution in [0.2, 0.25) is 0 Å². The topological polar surface area (TPSA) is 111 Å². The van der Waals surface area contributed by atoms with E-state index in [4.69, 9.17) is 4.74 Å². The van der Waals surface area contributed by atoms with Crippen molar-refractivity contribution >= 4 is 5.91 Å². The van der Waals surface area contributed by atoms with Gasteiger partial charge in [0.15, 0.2) is 11.6 Å². The van der Waals surface area contributed by atoms with Crippen molar-refractivity contribution in [2.24, 2.45) is 0 Å². The maximum Gasteiger partial charge on any atom is 0.253 e. The normalized spacial score (nSPS) is 10.8. The van der Waals surface area contributed by atoms with E-state index in [9.17, 15) is 4.79 Å². The number of aryl methyl sites for hydroxylation is 2. The maximum atomic E-state index is 12.4. The van der Waals surface area contributed by atoms with Gasteiger partial charge in [0.2, 0.25) is 0 Å². The molecule has 0 aliphatic carbocycles. The van der Waals surface area contributed by atoms with Gasteiger partial charge in [-0.1, -0.05) is 0 Å². The summed E-state index contributed by atoms with van der Waals surface area (Å²) in [5.41, 5.74) is 3.20. The molecule has 152 valence electrons. The van der Waals surface area contributed by atoms with Crippen LogP contribution in [0, 0.1) is 13.8 Å². The second kappa shape index (κ2) is 8.16. The Bertz CT molecular complexity index is 1160. The van der Waals surface area contributed by atoms with E-state index in [1.54, 1.807) is 23.9 Å². The minimum atomic E-state index is -0.246. The average molecular weight is 403 g/mol. The molecule has 0 atom stereocenters. The molecule has 0 saturated carbocycles. The summed E-state index contributed by atoms with van der Waals surface area (Å²) < 4.78 is 6.89. The Kier molecular flexibility index (Phi) is 5.25. The van der Waals surface area contributed by atoms with Gasteiger partial charge in [-0.15, -0.1) is 0 Å². The van der Waals surface area contributed by atoms with Crippen LogP contribution in [0.4, 0.5) is 0 Å². The summed E-state index contributed by atoms with van der Waals surface area (Å²) >= 11 is 0. The van der Waals surface area contributed by atoms with E-state index in [2.05, 4.69) is 30.6 Å². The van der Waals surface area contributed by atoms with E-state index in [1.165, 1.54) is 6.20 Å². The van der Waals surface area contributed by atoms with Crippen LogP contribution in [0.1, 0.15) is 27.6 Å². The van der Waals surface area contributed by atoms with Crippen LogP contribution >= 0.6 is 0 Å². The first kappa shape index (κ1) is 19.3. The lowest BCUT2D eigenvalue weighted by molar-refractivity contribution is 0.0949. The average Bonchev–Trinajstić information content (AvgIpc) is 3.38. The van der Waals surface area contributed by atoms with Crippen LogP contribution in [0.5, 0.6) is 5.75 Å². The highest BCUT2D eigenvalue weighted by Crippen LogP contribution is 2.19. The summed E-state index contributed by atoms with van der Waals surface area (Å²) in [5, 5.41) is 14.3. The molecule has 0 spiro atoms. The summed E-state index contributed by atoms with van der Waals surface area (Å²) in [4.78, 5) is 21.2. The van der Waals surface area contributed by atoms with Gasteiger partial charge in [0.05, 0.1) is 24.9 Å². The summed E-state index contributed by atoms with van der Waals surface area (Å²) in [7, 11) is 1.62. The molecule has 4 rings (SSSR count). The number of aromatic amines is 1. The lowest BCUT2D eigenvalue weighted by Gasteiger charge is -2.06. The number of aromatic nitrogens is 6. The number of pyridine rings is 1. The number of nitrogens with one attached hydrogen (secondary N) is 2. The summed E-state index contributed by atoms with van der Waals surface area (Å²) in [5.74, 6) is 2.29. The van der Waals surface area contributed by atoms with Gasteiger partial charge in [-0.2, -0.15) is 10.2 Å². The SMILES string of the molecule is COc1ccc(-c2n[nH]c(CNC(=O)c3ccc(-n4nc(C)cc4C)nc3)n2)cc1. The van der Waals surface area contributed by atoms with Crippen molar-refractivity contribution in [3.8, 4) is 23.0 Å². The number of amides is 1. The third-order valence-corrected chi connectivity index (χ3v) is 4.53. The molecule has 0 unspecified atom stereocenters. The summed E-state index contributed by atoms with van der Waals surface area (Å²) in [6.07, 6.45) is 1.53. The molecular weight excluding hydrogens is 382 g/mol. The first-order valence-corrected chi connectivity index (χ1v) is 9.37. The van der Waals surface area contributed by atoms with Gasteiger partial charge in [-0.3, -0.25) is 9.89 Å². The first-order valence-electron chi connectivity index (χ1n) is 9.37. The third kappa shape index (κ3) is 4.04. The number of hydrogen-bond donors (Lipinski definition) is 2. The second-order valence-corrected chi connectivity index (χ2v) is 6.76. The van der Waals surface area contributed by atoms with Gasteiger partial charge >= 0.3 is 0 Å². The van der Waals surface area contributed by atoms with E-state index >= 15 is 0 Å². The quantitative estimate of drug-likeness (QED) is 0.512. The Morgan fingerprint density at radius 2 is 1.97 bits per heavy atom. The monoisotopic (exact) mass is 403 g/mol. The molecule has 0 radical (unpaired) electrons. The fraction of sp³-hybridized carbons (Fsp3) is 0.190. The Morgan fingerprint density at radius 1 is 1.17 bits per heavy atom. The number of nitrogens with zero attached hydrogens (tertiary/aromatic N) is 5. The van der Waals surface area contributed by atoms with E-state index in [1.807, 2.05) is 44.2 Å². The molecule has 0 fully saturated rings. The molecule has 0 saturated heterocycles. The zero-order chi connectivity index (χ0) is 21.1. The lowest BCUT2D eigenvalue weighted by atomic mass is 10.2. The molecule has 3 aromatic heterocycles. The smallest absolute Gasteiger partial charge is 0.253 e. The number of hydrogen-bond acceptors (Lipinski definition) is 6.